The maximum atomic E-state index is 5.67. The minimum atomic E-state index is 0.229. The van der Waals surface area contributed by atoms with Gasteiger partial charge in [-0.3, -0.25) is 0 Å². The lowest BCUT2D eigenvalue weighted by Crippen LogP contribution is -2.08. The molecule has 0 spiro atoms. The van der Waals surface area contributed by atoms with Gasteiger partial charge in [0.25, 0.3) is 11.8 Å². The van der Waals surface area contributed by atoms with Gasteiger partial charge in [-0.2, -0.15) is 4.98 Å². The third-order valence-corrected chi connectivity index (χ3v) is 4.05. The summed E-state index contributed by atoms with van der Waals surface area (Å²) in [5, 5.41) is 11.8. The molecule has 0 N–H and O–H groups in total. The van der Waals surface area contributed by atoms with Crippen LogP contribution < -0.4 is 9.47 Å². The number of hydrogen-bond acceptors (Lipinski definition) is 8. The molecule has 3 aromatic rings. The van der Waals surface area contributed by atoms with Gasteiger partial charge in [0.1, 0.15) is 11.5 Å². The average Bonchev–Trinajstić information content (AvgIpc) is 3.20. The normalized spacial score (nSPS) is 14.3. The van der Waals surface area contributed by atoms with Crippen LogP contribution in [-0.2, 0) is 13.2 Å². The summed E-state index contributed by atoms with van der Waals surface area (Å²) in [5.41, 5.74) is 0. The Balaban J connectivity index is 1.27. The van der Waals surface area contributed by atoms with E-state index in [0.717, 1.165) is 18.7 Å². The predicted octanol–water partition coefficient (Wildman–Crippen LogP) is 3.19. The number of hydrogen-bond donors (Lipinski definition) is 0. The predicted molar refractivity (Wildman–Crippen MR) is 85.0 cm³/mol. The van der Waals surface area contributed by atoms with Gasteiger partial charge in [-0.15, -0.1) is 10.2 Å². The van der Waals surface area contributed by atoms with Crippen molar-refractivity contribution >= 4 is 0 Å². The molecule has 1 aliphatic carbocycles. The highest BCUT2D eigenvalue weighted by Gasteiger charge is 2.25. The molecule has 1 saturated carbocycles. The number of ether oxygens (including phenoxy) is 2. The Kier molecular flexibility index (Phi) is 4.32. The van der Waals surface area contributed by atoms with Gasteiger partial charge in [0.15, 0.2) is 19.0 Å². The summed E-state index contributed by atoms with van der Waals surface area (Å²) in [6.07, 6.45) is 3.50. The number of aromatic nitrogens is 4. The van der Waals surface area contributed by atoms with Crippen LogP contribution in [0.3, 0.4) is 0 Å². The molecule has 1 aromatic carbocycles. The van der Waals surface area contributed by atoms with Gasteiger partial charge < -0.3 is 18.4 Å². The van der Waals surface area contributed by atoms with Crippen LogP contribution in [0, 0.1) is 6.92 Å². The zero-order valence-corrected chi connectivity index (χ0v) is 13.8. The van der Waals surface area contributed by atoms with Crippen LogP contribution in [0.5, 0.6) is 11.5 Å². The Morgan fingerprint density at radius 3 is 2.24 bits per heavy atom. The summed E-state index contributed by atoms with van der Waals surface area (Å²) in [7, 11) is 0. The maximum Gasteiger partial charge on any atom is 0.264 e. The van der Waals surface area contributed by atoms with Crippen molar-refractivity contribution in [3.63, 3.8) is 0 Å². The molecule has 8 heteroatoms. The van der Waals surface area contributed by atoms with E-state index in [1.807, 2.05) is 24.3 Å². The lowest BCUT2D eigenvalue weighted by Gasteiger charge is -2.20. The van der Waals surface area contributed by atoms with Crippen LogP contribution in [0.1, 0.15) is 48.7 Å². The molecular weight excluding hydrogens is 324 g/mol. The Bertz CT molecular complexity index is 823. The van der Waals surface area contributed by atoms with Gasteiger partial charge in [0.05, 0.1) is 0 Å². The maximum absolute atomic E-state index is 5.67. The van der Waals surface area contributed by atoms with Crippen LogP contribution in [0.2, 0.25) is 0 Å². The molecule has 2 aromatic heterocycles. The molecule has 0 bridgehead atoms. The molecule has 2 heterocycles. The second kappa shape index (κ2) is 6.92. The molecule has 25 heavy (non-hydrogen) atoms. The van der Waals surface area contributed by atoms with Crippen molar-refractivity contribution in [1.82, 2.24) is 20.3 Å². The molecule has 0 unspecified atom stereocenters. The molecule has 1 fully saturated rings. The van der Waals surface area contributed by atoms with Crippen LogP contribution in [-0.4, -0.2) is 20.3 Å². The van der Waals surface area contributed by atoms with Crippen molar-refractivity contribution in [2.75, 3.05) is 0 Å². The van der Waals surface area contributed by atoms with Gasteiger partial charge in [-0.05, 0) is 44.0 Å². The zero-order valence-electron chi connectivity index (χ0n) is 13.8. The van der Waals surface area contributed by atoms with Crippen LogP contribution in [0.4, 0.5) is 0 Å². The van der Waals surface area contributed by atoms with Crippen molar-refractivity contribution in [2.24, 2.45) is 0 Å². The van der Waals surface area contributed by atoms with Gasteiger partial charge in [-0.25, -0.2) is 0 Å². The molecule has 0 saturated heterocycles. The summed E-state index contributed by atoms with van der Waals surface area (Å²) in [6, 6.07) is 7.26. The minimum Gasteiger partial charge on any atom is -0.484 e. The summed E-state index contributed by atoms with van der Waals surface area (Å²) in [6.45, 7) is 2.24. The minimum absolute atomic E-state index is 0.229. The van der Waals surface area contributed by atoms with Gasteiger partial charge >= 0.3 is 0 Å². The smallest absolute Gasteiger partial charge is 0.264 e. The van der Waals surface area contributed by atoms with Crippen molar-refractivity contribution in [3.8, 4) is 11.5 Å². The number of benzene rings is 1. The second-order valence-electron chi connectivity index (χ2n) is 5.95. The van der Waals surface area contributed by atoms with E-state index in [9.17, 15) is 0 Å². The zero-order chi connectivity index (χ0) is 17.1. The highest BCUT2D eigenvalue weighted by Crippen LogP contribution is 2.35. The third kappa shape index (κ3) is 3.78. The quantitative estimate of drug-likeness (QED) is 0.646. The average molecular weight is 342 g/mol. The fourth-order valence-electron chi connectivity index (χ4n) is 2.47. The Hall–Kier alpha value is -2.90. The molecular formula is C17H18N4O4. The van der Waals surface area contributed by atoms with Crippen molar-refractivity contribution in [2.45, 2.75) is 45.3 Å². The van der Waals surface area contributed by atoms with Crippen LogP contribution >= 0.6 is 0 Å². The van der Waals surface area contributed by atoms with Gasteiger partial charge in [0, 0.05) is 5.92 Å². The van der Waals surface area contributed by atoms with Crippen LogP contribution in [0.15, 0.2) is 33.2 Å². The van der Waals surface area contributed by atoms with E-state index in [1.165, 1.54) is 6.42 Å². The van der Waals surface area contributed by atoms with Crippen LogP contribution in [0.25, 0.3) is 0 Å². The summed E-state index contributed by atoms with van der Waals surface area (Å²) in [4.78, 5) is 4.08. The molecule has 0 radical (unpaired) electrons. The second-order valence-corrected chi connectivity index (χ2v) is 5.95. The first-order chi connectivity index (χ1) is 12.3. The monoisotopic (exact) mass is 342 g/mol. The van der Waals surface area contributed by atoms with Crippen molar-refractivity contribution in [3.05, 3.63) is 47.8 Å². The van der Waals surface area contributed by atoms with E-state index in [-0.39, 0.29) is 13.2 Å². The number of aryl methyl sites for hydroxylation is 1. The van der Waals surface area contributed by atoms with Gasteiger partial charge in [-0.1, -0.05) is 11.6 Å². The van der Waals surface area contributed by atoms with E-state index in [4.69, 9.17) is 18.4 Å². The molecule has 0 atom stereocenters. The van der Waals surface area contributed by atoms with Gasteiger partial charge in [0.2, 0.25) is 5.89 Å². The van der Waals surface area contributed by atoms with E-state index in [0.29, 0.717) is 35.0 Å². The molecule has 0 amide bonds. The first kappa shape index (κ1) is 15.6. The SMILES string of the molecule is Cc1noc(COc2ccc(OCc3nnc(C4CCC4)o3)cc2)n1. The van der Waals surface area contributed by atoms with E-state index >= 15 is 0 Å². The third-order valence-electron chi connectivity index (χ3n) is 4.05. The Morgan fingerprint density at radius 1 is 1.00 bits per heavy atom. The number of nitrogens with zero attached hydrogens (tertiary/aromatic N) is 4. The topological polar surface area (TPSA) is 96.3 Å². The lowest BCUT2D eigenvalue weighted by molar-refractivity contribution is 0.239. The highest BCUT2D eigenvalue weighted by molar-refractivity contribution is 5.31. The molecule has 0 aliphatic heterocycles. The standard InChI is InChI=1S/C17H18N4O4/c1-11-18-15(25-21-11)9-22-13-5-7-14(8-6-13)23-10-16-19-20-17(24-16)12-3-2-4-12/h5-8,12H,2-4,9-10H2,1H3. The largest absolute Gasteiger partial charge is 0.484 e. The number of rotatable bonds is 7. The summed E-state index contributed by atoms with van der Waals surface area (Å²) < 4.78 is 21.9. The van der Waals surface area contributed by atoms with E-state index in [2.05, 4.69) is 20.3 Å². The molecule has 130 valence electrons. The van der Waals surface area contributed by atoms with Crippen molar-refractivity contribution < 1.29 is 18.4 Å². The molecule has 8 nitrogen and oxygen atoms in total. The summed E-state index contributed by atoms with van der Waals surface area (Å²) >= 11 is 0. The van der Waals surface area contributed by atoms with Crippen molar-refractivity contribution in [1.29, 1.82) is 0 Å². The van der Waals surface area contributed by atoms with E-state index < -0.39 is 0 Å². The molecule has 4 rings (SSSR count). The first-order valence-corrected chi connectivity index (χ1v) is 8.23. The summed E-state index contributed by atoms with van der Waals surface area (Å²) in [5.74, 6) is 4.07. The Morgan fingerprint density at radius 2 is 1.68 bits per heavy atom. The highest BCUT2D eigenvalue weighted by atomic mass is 16.5. The molecule has 1 aliphatic rings. The lowest BCUT2D eigenvalue weighted by atomic mass is 9.85. The Labute approximate surface area is 144 Å². The first-order valence-electron chi connectivity index (χ1n) is 8.23. The van der Waals surface area contributed by atoms with E-state index in [1.54, 1.807) is 6.92 Å². The fraction of sp³-hybridized carbons (Fsp3) is 0.412. The fourth-order valence-corrected chi connectivity index (χ4v) is 2.47.